The van der Waals surface area contributed by atoms with E-state index in [-0.39, 0.29) is 18.6 Å². The van der Waals surface area contributed by atoms with Gasteiger partial charge in [0.05, 0.1) is 11.0 Å². The van der Waals surface area contributed by atoms with E-state index in [2.05, 4.69) is 39.7 Å². The first-order valence-corrected chi connectivity index (χ1v) is 9.95. The molecule has 0 saturated carbocycles. The Morgan fingerprint density at radius 1 is 1.26 bits per heavy atom. The number of aromatic nitrogens is 2. The summed E-state index contributed by atoms with van der Waals surface area (Å²) >= 11 is 3.30. The number of amides is 1. The zero-order valence-electron chi connectivity index (χ0n) is 15.6. The van der Waals surface area contributed by atoms with Gasteiger partial charge in [-0.2, -0.15) is 0 Å². The fourth-order valence-electron chi connectivity index (χ4n) is 2.96. The van der Waals surface area contributed by atoms with Crippen LogP contribution in [0.2, 0.25) is 0 Å². The van der Waals surface area contributed by atoms with E-state index in [1.165, 1.54) is 5.56 Å². The van der Waals surface area contributed by atoms with Gasteiger partial charge in [-0.3, -0.25) is 4.79 Å². The molecule has 1 aromatic carbocycles. The van der Waals surface area contributed by atoms with E-state index >= 15 is 0 Å². The molecule has 1 aliphatic rings. The van der Waals surface area contributed by atoms with E-state index in [0.29, 0.717) is 24.2 Å². The highest BCUT2D eigenvalue weighted by Crippen LogP contribution is 2.19. The van der Waals surface area contributed by atoms with Gasteiger partial charge in [0.25, 0.3) is 5.91 Å². The Kier molecular flexibility index (Phi) is 6.66. The Hall–Kier alpha value is -2.15. The van der Waals surface area contributed by atoms with Gasteiger partial charge in [-0.1, -0.05) is 26.0 Å². The smallest absolute Gasteiger partial charge is 0.316 e. The minimum absolute atomic E-state index is 0.0303. The van der Waals surface area contributed by atoms with E-state index < -0.39 is 0 Å². The maximum Gasteiger partial charge on any atom is 0.316 e. The van der Waals surface area contributed by atoms with Crippen molar-refractivity contribution in [3.63, 3.8) is 0 Å². The molecule has 1 atom stereocenters. The van der Waals surface area contributed by atoms with Crippen LogP contribution in [-0.4, -0.2) is 46.6 Å². The van der Waals surface area contributed by atoms with Crippen molar-refractivity contribution in [2.45, 2.75) is 38.7 Å². The number of piperidine rings is 1. The minimum Gasteiger partial charge on any atom is -0.484 e. The van der Waals surface area contributed by atoms with Crippen molar-refractivity contribution < 1.29 is 14.3 Å². The number of rotatable bonds is 6. The second-order valence-corrected chi connectivity index (χ2v) is 7.83. The van der Waals surface area contributed by atoms with Crippen LogP contribution in [0.4, 0.5) is 0 Å². The molecule has 3 rings (SSSR count). The predicted molar refractivity (Wildman–Crippen MR) is 106 cm³/mol. The summed E-state index contributed by atoms with van der Waals surface area (Å²) in [5.74, 6) is 1.15. The van der Waals surface area contributed by atoms with E-state index in [9.17, 15) is 4.79 Å². The highest BCUT2D eigenvalue weighted by molar-refractivity contribution is 9.10. The van der Waals surface area contributed by atoms with Crippen LogP contribution in [0.15, 0.2) is 41.1 Å². The van der Waals surface area contributed by atoms with Crippen LogP contribution >= 0.6 is 15.9 Å². The minimum atomic E-state index is -0.103. The van der Waals surface area contributed by atoms with E-state index in [1.54, 1.807) is 17.3 Å². The van der Waals surface area contributed by atoms with E-state index in [0.717, 1.165) is 23.9 Å². The lowest BCUT2D eigenvalue weighted by atomic mass is 10.0. The predicted octanol–water partition coefficient (Wildman–Crippen LogP) is 3.81. The molecule has 7 heteroatoms. The summed E-state index contributed by atoms with van der Waals surface area (Å²) in [6, 6.07) is 8.23. The Labute approximate surface area is 168 Å². The summed E-state index contributed by atoms with van der Waals surface area (Å²) in [6.45, 7) is 5.56. The molecule has 1 fully saturated rings. The Morgan fingerprint density at radius 2 is 1.96 bits per heavy atom. The lowest BCUT2D eigenvalue weighted by molar-refractivity contribution is -0.136. The molecule has 2 heterocycles. The lowest BCUT2D eigenvalue weighted by Gasteiger charge is -2.32. The molecule has 0 aliphatic carbocycles. The van der Waals surface area contributed by atoms with Gasteiger partial charge in [-0.25, -0.2) is 9.97 Å². The molecule has 0 radical (unpaired) electrons. The Bertz CT molecular complexity index is 750. The van der Waals surface area contributed by atoms with E-state index in [1.807, 2.05) is 24.3 Å². The third kappa shape index (κ3) is 5.66. The standard InChI is InChI=1S/C20H24BrN3O3/c1-14(2)15-5-7-17(8-6-15)26-13-19(25)24-9-3-4-18(12-24)27-20-22-10-16(21)11-23-20/h5-8,10-11,14,18H,3-4,9,12-13H2,1-2H3. The molecule has 0 bridgehead atoms. The van der Waals surface area contributed by atoms with Crippen LogP contribution in [0.25, 0.3) is 0 Å². The van der Waals surface area contributed by atoms with Crippen molar-refractivity contribution in [2.75, 3.05) is 19.7 Å². The van der Waals surface area contributed by atoms with E-state index in [4.69, 9.17) is 9.47 Å². The zero-order chi connectivity index (χ0) is 19.2. The molecule has 0 spiro atoms. The van der Waals surface area contributed by atoms with Crippen LogP contribution < -0.4 is 9.47 Å². The molecule has 2 aromatic rings. The topological polar surface area (TPSA) is 64.5 Å². The van der Waals surface area contributed by atoms with Crippen LogP contribution in [0.3, 0.4) is 0 Å². The summed E-state index contributed by atoms with van der Waals surface area (Å²) in [5.41, 5.74) is 1.25. The first-order chi connectivity index (χ1) is 13.0. The summed E-state index contributed by atoms with van der Waals surface area (Å²) in [5, 5.41) is 0. The zero-order valence-corrected chi connectivity index (χ0v) is 17.2. The maximum absolute atomic E-state index is 12.5. The molecule has 1 aromatic heterocycles. The number of ether oxygens (including phenoxy) is 2. The summed E-state index contributed by atoms with van der Waals surface area (Å²) in [7, 11) is 0. The fourth-order valence-corrected chi connectivity index (χ4v) is 3.16. The average molecular weight is 434 g/mol. The number of carbonyl (C=O) groups excluding carboxylic acids is 1. The van der Waals surface area contributed by atoms with Gasteiger partial charge >= 0.3 is 6.01 Å². The molecule has 1 unspecified atom stereocenters. The highest BCUT2D eigenvalue weighted by atomic mass is 79.9. The third-order valence-electron chi connectivity index (χ3n) is 4.51. The number of halogens is 1. The van der Waals surface area contributed by atoms with Gasteiger partial charge in [-0.15, -0.1) is 0 Å². The van der Waals surface area contributed by atoms with Crippen molar-refractivity contribution in [2.24, 2.45) is 0 Å². The average Bonchev–Trinajstić information content (AvgIpc) is 2.68. The van der Waals surface area contributed by atoms with Gasteiger partial charge in [0.15, 0.2) is 6.61 Å². The van der Waals surface area contributed by atoms with Crippen LogP contribution in [-0.2, 0) is 4.79 Å². The molecule has 0 N–H and O–H groups in total. The molecule has 27 heavy (non-hydrogen) atoms. The number of benzene rings is 1. The van der Waals surface area contributed by atoms with Crippen molar-refractivity contribution in [3.05, 3.63) is 46.7 Å². The molecule has 144 valence electrons. The molecule has 1 amide bonds. The fraction of sp³-hybridized carbons (Fsp3) is 0.450. The second-order valence-electron chi connectivity index (χ2n) is 6.92. The number of likely N-dealkylation sites (tertiary alicyclic amines) is 1. The van der Waals surface area contributed by atoms with Crippen LogP contribution in [0.1, 0.15) is 38.2 Å². The van der Waals surface area contributed by atoms with Crippen molar-refractivity contribution in [3.8, 4) is 11.8 Å². The summed E-state index contributed by atoms with van der Waals surface area (Å²) in [4.78, 5) is 22.5. The largest absolute Gasteiger partial charge is 0.484 e. The van der Waals surface area contributed by atoms with Crippen molar-refractivity contribution >= 4 is 21.8 Å². The monoisotopic (exact) mass is 433 g/mol. The van der Waals surface area contributed by atoms with Crippen LogP contribution in [0, 0.1) is 0 Å². The lowest BCUT2D eigenvalue weighted by Crippen LogP contribution is -2.46. The first-order valence-electron chi connectivity index (χ1n) is 9.16. The second kappa shape index (κ2) is 9.17. The van der Waals surface area contributed by atoms with Crippen molar-refractivity contribution in [1.82, 2.24) is 14.9 Å². The Morgan fingerprint density at radius 3 is 2.63 bits per heavy atom. The maximum atomic E-state index is 12.5. The van der Waals surface area contributed by atoms with Gasteiger partial charge in [0.1, 0.15) is 11.9 Å². The summed E-state index contributed by atoms with van der Waals surface area (Å²) in [6.07, 6.45) is 4.95. The van der Waals surface area contributed by atoms with Crippen LogP contribution in [0.5, 0.6) is 11.8 Å². The molecule has 1 aliphatic heterocycles. The molecule has 6 nitrogen and oxygen atoms in total. The summed E-state index contributed by atoms with van der Waals surface area (Å²) < 4.78 is 12.3. The molecule has 1 saturated heterocycles. The SMILES string of the molecule is CC(C)c1ccc(OCC(=O)N2CCCC(Oc3ncc(Br)cn3)C2)cc1. The normalized spacial score (nSPS) is 17.0. The first kappa shape index (κ1) is 19.6. The van der Waals surface area contributed by atoms with Crippen molar-refractivity contribution in [1.29, 1.82) is 0 Å². The third-order valence-corrected chi connectivity index (χ3v) is 4.92. The van der Waals surface area contributed by atoms with Gasteiger partial charge < -0.3 is 14.4 Å². The molecular formula is C20H24BrN3O3. The Balaban J connectivity index is 1.49. The van der Waals surface area contributed by atoms with Gasteiger partial charge in [0, 0.05) is 18.9 Å². The number of hydrogen-bond donors (Lipinski definition) is 0. The highest BCUT2D eigenvalue weighted by Gasteiger charge is 2.25. The molecular weight excluding hydrogens is 410 g/mol. The van der Waals surface area contributed by atoms with Gasteiger partial charge in [-0.05, 0) is 52.4 Å². The number of hydrogen-bond acceptors (Lipinski definition) is 5. The quantitative estimate of drug-likeness (QED) is 0.692. The number of carbonyl (C=O) groups is 1. The van der Waals surface area contributed by atoms with Gasteiger partial charge in [0.2, 0.25) is 0 Å². The number of nitrogens with zero attached hydrogens (tertiary/aromatic N) is 3.